The lowest BCUT2D eigenvalue weighted by atomic mass is 9.91. The summed E-state index contributed by atoms with van der Waals surface area (Å²) in [4.78, 5) is 12.3. The highest BCUT2D eigenvalue weighted by atomic mass is 16.5. The van der Waals surface area contributed by atoms with Crippen molar-refractivity contribution >= 4 is 5.78 Å². The van der Waals surface area contributed by atoms with Gasteiger partial charge in [-0.3, -0.25) is 4.79 Å². The molecular formula is C17H22O3. The van der Waals surface area contributed by atoms with Gasteiger partial charge in [0.1, 0.15) is 11.5 Å². The molecule has 0 radical (unpaired) electrons. The summed E-state index contributed by atoms with van der Waals surface area (Å²) >= 11 is 0. The summed E-state index contributed by atoms with van der Waals surface area (Å²) in [7, 11) is 0. The number of ketones is 1. The maximum absolute atomic E-state index is 12.3. The second-order valence-corrected chi connectivity index (χ2v) is 5.72. The quantitative estimate of drug-likeness (QED) is 0.828. The molecule has 3 nitrogen and oxygen atoms in total. The van der Waals surface area contributed by atoms with E-state index in [1.54, 1.807) is 0 Å². The molecular weight excluding hydrogens is 252 g/mol. The summed E-state index contributed by atoms with van der Waals surface area (Å²) in [6.45, 7) is 3.62. The summed E-state index contributed by atoms with van der Waals surface area (Å²) in [5, 5.41) is 0. The van der Waals surface area contributed by atoms with Crippen molar-refractivity contribution in [2.24, 2.45) is 5.92 Å². The summed E-state index contributed by atoms with van der Waals surface area (Å²) in [5.41, 5.74) is 2.53. The van der Waals surface area contributed by atoms with Crippen molar-refractivity contribution in [3.63, 3.8) is 0 Å². The van der Waals surface area contributed by atoms with Gasteiger partial charge < -0.3 is 9.47 Å². The van der Waals surface area contributed by atoms with E-state index in [4.69, 9.17) is 9.47 Å². The van der Waals surface area contributed by atoms with Crippen LogP contribution < -0.4 is 4.74 Å². The Balaban J connectivity index is 1.58. The van der Waals surface area contributed by atoms with Gasteiger partial charge in [0.15, 0.2) is 0 Å². The molecule has 0 aromatic heterocycles. The van der Waals surface area contributed by atoms with Gasteiger partial charge in [-0.05, 0) is 36.5 Å². The number of hydrogen-bond acceptors (Lipinski definition) is 3. The van der Waals surface area contributed by atoms with E-state index in [9.17, 15) is 4.79 Å². The van der Waals surface area contributed by atoms with Crippen LogP contribution in [0.4, 0.5) is 0 Å². The molecule has 0 spiro atoms. The van der Waals surface area contributed by atoms with Crippen molar-refractivity contribution in [1.82, 2.24) is 0 Å². The van der Waals surface area contributed by atoms with Crippen LogP contribution in [0.25, 0.3) is 0 Å². The lowest BCUT2D eigenvalue weighted by molar-refractivity contribution is -0.124. The number of benzene rings is 1. The predicted octanol–water partition coefficient (Wildman–Crippen LogP) is 2.94. The van der Waals surface area contributed by atoms with Gasteiger partial charge in [0.05, 0.1) is 12.7 Å². The third-order valence-electron chi connectivity index (χ3n) is 4.44. The fraction of sp³-hybridized carbons (Fsp3) is 0.588. The van der Waals surface area contributed by atoms with Crippen molar-refractivity contribution in [3.05, 3.63) is 29.3 Å². The molecule has 2 atom stereocenters. The molecule has 0 bridgehead atoms. The molecule has 2 unspecified atom stereocenters. The first-order chi connectivity index (χ1) is 9.78. The largest absolute Gasteiger partial charge is 0.493 e. The number of hydrogen-bond donors (Lipinski definition) is 0. The molecule has 0 saturated carbocycles. The Kier molecular flexibility index (Phi) is 4.06. The molecule has 2 heterocycles. The summed E-state index contributed by atoms with van der Waals surface area (Å²) < 4.78 is 11.1. The lowest BCUT2D eigenvalue weighted by Crippen LogP contribution is -2.23. The summed E-state index contributed by atoms with van der Waals surface area (Å²) in [5.74, 6) is 1.50. The Morgan fingerprint density at radius 2 is 2.25 bits per heavy atom. The van der Waals surface area contributed by atoms with Crippen LogP contribution in [-0.4, -0.2) is 25.1 Å². The van der Waals surface area contributed by atoms with E-state index in [0.717, 1.165) is 44.6 Å². The molecule has 0 amide bonds. The Bertz CT molecular complexity index is 495. The molecule has 20 heavy (non-hydrogen) atoms. The zero-order valence-corrected chi connectivity index (χ0v) is 12.1. The summed E-state index contributed by atoms with van der Waals surface area (Å²) in [6.07, 6.45) is 4.44. The smallest absolute Gasteiger partial charge is 0.138 e. The Hall–Kier alpha value is -1.35. The number of rotatable bonds is 5. The van der Waals surface area contributed by atoms with E-state index < -0.39 is 0 Å². The first-order valence-electron chi connectivity index (χ1n) is 7.67. The van der Waals surface area contributed by atoms with Gasteiger partial charge in [-0.15, -0.1) is 0 Å². The van der Waals surface area contributed by atoms with Crippen molar-refractivity contribution in [2.75, 3.05) is 13.2 Å². The van der Waals surface area contributed by atoms with Gasteiger partial charge >= 0.3 is 0 Å². The van der Waals surface area contributed by atoms with E-state index in [2.05, 4.69) is 19.1 Å². The molecule has 2 aliphatic heterocycles. The molecule has 3 rings (SSSR count). The SMILES string of the molecule is CCC1OCCC1C(=O)CCc1ccc2c(c1)CCO2. The molecule has 1 fully saturated rings. The number of fused-ring (bicyclic) bond motifs is 1. The lowest BCUT2D eigenvalue weighted by Gasteiger charge is -2.15. The van der Waals surface area contributed by atoms with Gasteiger partial charge in [-0.25, -0.2) is 0 Å². The van der Waals surface area contributed by atoms with Gasteiger partial charge in [0, 0.05) is 25.4 Å². The average molecular weight is 274 g/mol. The summed E-state index contributed by atoms with van der Waals surface area (Å²) in [6, 6.07) is 6.31. The van der Waals surface area contributed by atoms with Crippen LogP contribution in [0.5, 0.6) is 5.75 Å². The Morgan fingerprint density at radius 3 is 3.10 bits per heavy atom. The van der Waals surface area contributed by atoms with Crippen LogP contribution in [-0.2, 0) is 22.4 Å². The second-order valence-electron chi connectivity index (χ2n) is 5.72. The molecule has 108 valence electrons. The number of carbonyl (C=O) groups is 1. The van der Waals surface area contributed by atoms with Gasteiger partial charge in [0.25, 0.3) is 0 Å². The second kappa shape index (κ2) is 5.96. The third-order valence-corrected chi connectivity index (χ3v) is 4.44. The van der Waals surface area contributed by atoms with E-state index >= 15 is 0 Å². The van der Waals surface area contributed by atoms with Crippen molar-refractivity contribution in [3.8, 4) is 5.75 Å². The number of carbonyl (C=O) groups excluding carboxylic acids is 1. The van der Waals surface area contributed by atoms with E-state index in [1.807, 2.05) is 6.07 Å². The zero-order valence-electron chi connectivity index (χ0n) is 12.1. The van der Waals surface area contributed by atoms with E-state index in [0.29, 0.717) is 12.2 Å². The van der Waals surface area contributed by atoms with E-state index in [-0.39, 0.29) is 12.0 Å². The normalized spacial score (nSPS) is 24.4. The van der Waals surface area contributed by atoms with Crippen LogP contribution in [0, 0.1) is 5.92 Å². The number of ether oxygens (including phenoxy) is 2. The van der Waals surface area contributed by atoms with Crippen molar-refractivity contribution in [2.45, 2.75) is 45.1 Å². The first-order valence-corrected chi connectivity index (χ1v) is 7.67. The van der Waals surface area contributed by atoms with Crippen molar-refractivity contribution in [1.29, 1.82) is 0 Å². The van der Waals surface area contributed by atoms with Crippen molar-refractivity contribution < 1.29 is 14.3 Å². The Morgan fingerprint density at radius 1 is 1.35 bits per heavy atom. The molecule has 1 aromatic carbocycles. The molecule has 0 N–H and O–H groups in total. The third kappa shape index (κ3) is 2.73. The topological polar surface area (TPSA) is 35.5 Å². The maximum atomic E-state index is 12.3. The van der Waals surface area contributed by atoms with Gasteiger partial charge in [-0.1, -0.05) is 19.1 Å². The fourth-order valence-electron chi connectivity index (χ4n) is 3.27. The number of Topliss-reactive ketones (excluding diaryl/α,β-unsaturated/α-hetero) is 1. The zero-order chi connectivity index (χ0) is 13.9. The Labute approximate surface area is 120 Å². The highest BCUT2D eigenvalue weighted by molar-refractivity contribution is 5.82. The average Bonchev–Trinajstić information content (AvgIpc) is 3.12. The molecule has 0 aliphatic carbocycles. The van der Waals surface area contributed by atoms with Crippen LogP contribution in [0.1, 0.15) is 37.3 Å². The minimum atomic E-state index is 0.123. The molecule has 1 aromatic rings. The first kappa shape index (κ1) is 13.6. The van der Waals surface area contributed by atoms with Gasteiger partial charge in [0.2, 0.25) is 0 Å². The fourth-order valence-corrected chi connectivity index (χ4v) is 3.27. The molecule has 2 aliphatic rings. The van der Waals surface area contributed by atoms with E-state index in [1.165, 1.54) is 11.1 Å². The predicted molar refractivity (Wildman–Crippen MR) is 77.1 cm³/mol. The molecule has 1 saturated heterocycles. The van der Waals surface area contributed by atoms with Crippen LogP contribution in [0.3, 0.4) is 0 Å². The standard InChI is InChI=1S/C17H22O3/c1-2-16-14(8-10-19-16)15(18)5-3-12-4-6-17-13(11-12)7-9-20-17/h4,6,11,14,16H,2-3,5,7-10H2,1H3. The maximum Gasteiger partial charge on any atom is 0.138 e. The highest BCUT2D eigenvalue weighted by Crippen LogP contribution is 2.28. The van der Waals surface area contributed by atoms with Crippen LogP contribution in [0.15, 0.2) is 18.2 Å². The molecule has 3 heteroatoms. The minimum Gasteiger partial charge on any atom is -0.493 e. The van der Waals surface area contributed by atoms with Crippen LogP contribution in [0.2, 0.25) is 0 Å². The van der Waals surface area contributed by atoms with Gasteiger partial charge in [-0.2, -0.15) is 0 Å². The minimum absolute atomic E-state index is 0.123. The monoisotopic (exact) mass is 274 g/mol. The van der Waals surface area contributed by atoms with Crippen LogP contribution >= 0.6 is 0 Å². The highest BCUT2D eigenvalue weighted by Gasteiger charge is 2.31. The number of aryl methyl sites for hydroxylation is 1.